The zero-order chi connectivity index (χ0) is 53.7. The summed E-state index contributed by atoms with van der Waals surface area (Å²) < 4.78 is 0. The number of nitrogens with one attached hydrogen (secondary N) is 9. The lowest BCUT2D eigenvalue weighted by Crippen LogP contribution is -2.62. The van der Waals surface area contributed by atoms with Gasteiger partial charge in [-0.2, -0.15) is 0 Å². The van der Waals surface area contributed by atoms with E-state index >= 15 is 0 Å². The summed E-state index contributed by atoms with van der Waals surface area (Å²) in [7, 11) is 0. The van der Waals surface area contributed by atoms with Crippen molar-refractivity contribution in [2.75, 3.05) is 13.2 Å². The molecule has 0 radical (unpaired) electrons. The van der Waals surface area contributed by atoms with Crippen LogP contribution in [0.4, 0.5) is 0 Å². The van der Waals surface area contributed by atoms with Gasteiger partial charge in [-0.05, 0) is 29.2 Å². The fourth-order valence-electron chi connectivity index (χ4n) is 6.91. The van der Waals surface area contributed by atoms with Crippen LogP contribution in [-0.4, -0.2) is 157 Å². The Kier molecular flexibility index (Phi) is 24.8. The highest BCUT2D eigenvalue weighted by atomic mass is 16.4. The predicted octanol–water partition coefficient (Wildman–Crippen LogP) is -3.04. The first-order valence-corrected chi connectivity index (χ1v) is 23.2. The molecule has 1 aromatic heterocycles. The van der Waals surface area contributed by atoms with Gasteiger partial charge in [0.2, 0.25) is 47.3 Å². The number of nitrogens with zero attached hydrogens (tertiary/aromatic N) is 1. The minimum Gasteiger partial charge on any atom is -0.481 e. The molecule has 2 aromatic rings. The summed E-state index contributed by atoms with van der Waals surface area (Å²) in [5.41, 5.74) is 6.69. The van der Waals surface area contributed by atoms with Gasteiger partial charge in [-0.15, -0.1) is 0 Å². The zero-order valence-electron chi connectivity index (χ0n) is 41.2. The number of aromatic amines is 1. The first-order chi connectivity index (χ1) is 33.3. The normalized spacial score (nSPS) is 15.5. The number of carbonyl (C=O) groups is 10. The first kappa shape index (κ1) is 60.1. The Morgan fingerprint density at radius 3 is 1.42 bits per heavy atom. The van der Waals surface area contributed by atoms with Gasteiger partial charge in [0, 0.05) is 24.7 Å². The van der Waals surface area contributed by atoms with E-state index in [1.165, 1.54) is 12.5 Å². The molecule has 0 unspecified atom stereocenters. The highest BCUT2D eigenvalue weighted by Gasteiger charge is 2.38. The Labute approximate surface area is 411 Å². The molecule has 71 heavy (non-hydrogen) atoms. The molecule has 8 amide bonds. The SMILES string of the molecule is CC[C@H](C)[C@H](NC(=O)[C@@H](NC(=O)[C@@H](NC(=O)[C@H](CC(=O)O)NC(=O)[C@H](CO)NC(=O)[C@@H](NC(=O)[C@H](Cc1ccccc1)NC(=O)[C@H](Cc1cnc[nH]1)NC(=O)[C@@H](N)CO)C(C)C)C(C)C)C(C)C)C(=O)O. The number of carbonyl (C=O) groups excluding carboxylic acids is 8. The second kappa shape index (κ2) is 29.3. The summed E-state index contributed by atoms with van der Waals surface area (Å²) in [4.78, 5) is 139. The Morgan fingerprint density at radius 2 is 0.972 bits per heavy atom. The fraction of sp³-hybridized carbons (Fsp3) is 0.587. The second-order valence-electron chi connectivity index (χ2n) is 18.2. The summed E-state index contributed by atoms with van der Waals surface area (Å²) >= 11 is 0. The number of nitrogens with two attached hydrogens (primary N) is 1. The van der Waals surface area contributed by atoms with Gasteiger partial charge in [-0.1, -0.05) is 92.1 Å². The number of benzene rings is 1. The van der Waals surface area contributed by atoms with Gasteiger partial charge in [0.25, 0.3) is 0 Å². The third-order valence-electron chi connectivity index (χ3n) is 11.4. The van der Waals surface area contributed by atoms with Crippen molar-refractivity contribution >= 4 is 59.2 Å². The van der Waals surface area contributed by atoms with Crippen LogP contribution in [-0.2, 0) is 60.8 Å². The van der Waals surface area contributed by atoms with Gasteiger partial charge in [0.05, 0.1) is 26.0 Å². The van der Waals surface area contributed by atoms with Crippen molar-refractivity contribution in [2.45, 2.75) is 135 Å². The maximum Gasteiger partial charge on any atom is 0.326 e. The van der Waals surface area contributed by atoms with E-state index in [1.54, 1.807) is 85.7 Å². The molecule has 0 saturated carbocycles. The Bertz CT molecular complexity index is 2120. The monoisotopic (exact) mass is 1000 g/mol. The summed E-state index contributed by atoms with van der Waals surface area (Å²) in [5.74, 6) is -12.9. The third-order valence-corrected chi connectivity index (χ3v) is 11.4. The largest absolute Gasteiger partial charge is 0.481 e. The van der Waals surface area contributed by atoms with Crippen LogP contribution >= 0.6 is 0 Å². The van der Waals surface area contributed by atoms with Gasteiger partial charge >= 0.3 is 11.9 Å². The third kappa shape index (κ3) is 19.4. The number of aromatic nitrogens is 2. The number of hydrogen-bond donors (Lipinski definition) is 14. The molecule has 0 bridgehead atoms. The van der Waals surface area contributed by atoms with E-state index in [9.17, 15) is 68.4 Å². The smallest absolute Gasteiger partial charge is 0.326 e. The highest BCUT2D eigenvalue weighted by Crippen LogP contribution is 2.13. The summed E-state index contributed by atoms with van der Waals surface area (Å²) in [5, 5.41) is 58.6. The molecule has 394 valence electrons. The average Bonchev–Trinajstić information content (AvgIpc) is 3.83. The van der Waals surface area contributed by atoms with E-state index in [1.807, 2.05) is 0 Å². The standard InChI is InChI=1S/C46H71N11O14/c1-9-25(8)37(46(70)71)57-45(69)36(24(6)7)56-44(68)35(23(4)5)55-41(65)31(17-33(60)61)52-42(66)32(20-59)53-43(67)34(22(2)3)54-40(64)29(15-26-13-11-10-12-14-26)51-39(63)30(16-27-18-48-21-49-27)50-38(62)28(47)19-58/h10-14,18,21-25,28-32,34-37,58-59H,9,15-17,19-20,47H2,1-8H3,(H,48,49)(H,50,62)(H,51,63)(H,52,66)(H,53,67)(H,54,64)(H,55,65)(H,56,68)(H,57,69)(H,60,61)(H,70,71)/t25-,28-,29-,30-,31-,32-,34-,35-,36-,37-/m0/s1. The Hall–Kier alpha value is -6.99. The van der Waals surface area contributed by atoms with Crippen molar-refractivity contribution in [2.24, 2.45) is 29.4 Å². The van der Waals surface area contributed by atoms with Crippen molar-refractivity contribution in [3.05, 3.63) is 54.1 Å². The van der Waals surface area contributed by atoms with E-state index in [0.717, 1.165) is 0 Å². The summed E-state index contributed by atoms with van der Waals surface area (Å²) in [6.45, 7) is 11.0. The summed E-state index contributed by atoms with van der Waals surface area (Å²) in [6.07, 6.45) is 1.92. The number of hydrogen-bond acceptors (Lipinski definition) is 14. The number of carboxylic acid groups (broad SMARTS) is 2. The quantitative estimate of drug-likeness (QED) is 0.0370. The molecule has 1 heterocycles. The molecule has 0 saturated heterocycles. The van der Waals surface area contributed by atoms with Crippen LogP contribution in [0.15, 0.2) is 42.9 Å². The second-order valence-corrected chi connectivity index (χ2v) is 18.2. The van der Waals surface area contributed by atoms with Crippen LogP contribution in [0.2, 0.25) is 0 Å². The van der Waals surface area contributed by atoms with Crippen LogP contribution in [0.5, 0.6) is 0 Å². The molecule has 2 rings (SSSR count). The van der Waals surface area contributed by atoms with E-state index in [2.05, 4.69) is 52.5 Å². The highest BCUT2D eigenvalue weighted by molar-refractivity contribution is 5.99. The van der Waals surface area contributed by atoms with Crippen LogP contribution in [0, 0.1) is 23.7 Å². The lowest BCUT2D eigenvalue weighted by Gasteiger charge is -2.30. The molecule has 10 atom stereocenters. The molecule has 0 fully saturated rings. The lowest BCUT2D eigenvalue weighted by molar-refractivity contribution is -0.144. The lowest BCUT2D eigenvalue weighted by atomic mass is 9.96. The van der Waals surface area contributed by atoms with Gasteiger partial charge < -0.3 is 73.7 Å². The number of imidazole rings is 1. The first-order valence-electron chi connectivity index (χ1n) is 23.2. The molecule has 0 aliphatic carbocycles. The van der Waals surface area contributed by atoms with Crippen molar-refractivity contribution in [3.8, 4) is 0 Å². The molecule has 0 aliphatic rings. The zero-order valence-corrected chi connectivity index (χ0v) is 41.2. The topological polar surface area (TPSA) is 403 Å². The molecule has 15 N–H and O–H groups in total. The molecular weight excluding hydrogens is 931 g/mol. The van der Waals surface area contributed by atoms with Crippen molar-refractivity contribution in [1.82, 2.24) is 52.5 Å². The van der Waals surface area contributed by atoms with Gasteiger partial charge in [-0.25, -0.2) is 9.78 Å². The van der Waals surface area contributed by atoms with Crippen molar-refractivity contribution in [1.29, 1.82) is 0 Å². The van der Waals surface area contributed by atoms with E-state index in [-0.39, 0.29) is 12.8 Å². The van der Waals surface area contributed by atoms with E-state index in [4.69, 9.17) is 5.73 Å². The molecule has 25 nitrogen and oxygen atoms in total. The summed E-state index contributed by atoms with van der Waals surface area (Å²) in [6, 6.07) is -4.70. The van der Waals surface area contributed by atoms with Crippen molar-refractivity contribution in [3.63, 3.8) is 0 Å². The fourth-order valence-corrected chi connectivity index (χ4v) is 6.91. The maximum atomic E-state index is 14.1. The Morgan fingerprint density at radius 1 is 0.549 bits per heavy atom. The molecule has 0 aliphatic heterocycles. The number of aliphatic hydroxyl groups excluding tert-OH is 2. The van der Waals surface area contributed by atoms with Gasteiger partial charge in [0.15, 0.2) is 0 Å². The number of amides is 8. The maximum absolute atomic E-state index is 14.1. The molecule has 25 heteroatoms. The van der Waals surface area contributed by atoms with Gasteiger partial charge in [0.1, 0.15) is 54.4 Å². The molecule has 0 spiro atoms. The van der Waals surface area contributed by atoms with E-state index in [0.29, 0.717) is 17.7 Å². The number of rotatable bonds is 30. The predicted molar refractivity (Wildman–Crippen MR) is 254 cm³/mol. The number of H-pyrrole nitrogens is 1. The van der Waals surface area contributed by atoms with Gasteiger partial charge in [-0.3, -0.25) is 43.2 Å². The Balaban J connectivity index is 2.32. The minimum atomic E-state index is -1.89. The van der Waals surface area contributed by atoms with Crippen LogP contribution in [0.3, 0.4) is 0 Å². The van der Waals surface area contributed by atoms with Crippen LogP contribution < -0.4 is 48.3 Å². The minimum absolute atomic E-state index is 0.112. The van der Waals surface area contributed by atoms with Crippen LogP contribution in [0.25, 0.3) is 0 Å². The average molecular weight is 1000 g/mol. The van der Waals surface area contributed by atoms with Crippen molar-refractivity contribution < 1.29 is 68.4 Å². The number of aliphatic hydroxyl groups is 2. The number of carboxylic acids is 2. The number of aliphatic carboxylic acids is 2. The molecular formula is C46H71N11O14. The molecule has 1 aromatic carbocycles. The van der Waals surface area contributed by atoms with Crippen LogP contribution in [0.1, 0.15) is 79.5 Å². The van der Waals surface area contributed by atoms with E-state index < -0.39 is 157 Å².